The van der Waals surface area contributed by atoms with Crippen molar-refractivity contribution in [2.45, 2.75) is 242 Å². The average molecular weight is 1720 g/mol. The van der Waals surface area contributed by atoms with Gasteiger partial charge in [-0.1, -0.05) is 76.6 Å². The molecule has 7 saturated carbocycles. The molecule has 0 heterocycles. The molecule has 7 aliphatic carbocycles. The number of carbonyl (C=O) groups excluding carboxylic acids is 7. The van der Waals surface area contributed by atoms with Gasteiger partial charge in [-0.15, -0.1) is 0 Å². The molecular formula is C99H119F8NO15. The molecule has 0 atom stereocenters. The predicted molar refractivity (Wildman–Crippen MR) is 450 cm³/mol. The summed E-state index contributed by atoms with van der Waals surface area (Å²) < 4.78 is 147. The lowest BCUT2D eigenvalue weighted by molar-refractivity contribution is -0.161. The second-order valence-electron chi connectivity index (χ2n) is 33.4. The number of hydrogen-bond acceptors (Lipinski definition) is 16. The van der Waals surface area contributed by atoms with E-state index in [4.69, 9.17) is 38.4 Å². The SMILES string of the molecule is C=CC(=O)OCC(=O)OC1CCC(C2CCC(c3cc(F)c(F)c(F)c3)CC2)CC1.C=CC(=O)OCC1CCC(C(=O)Oc2ccc(CCCC)cc2)CC1.C=CC(=O)OCC1CCC(C2CCC(c3ccc(F)c(F)c3)CC2)CC1.C=CC(=O)OCC1CCC(c2cc(F)c(F)c(F)c2)CC1.C=CC(=O)OCOC1CCC(c2ccc(C#N)cc2)CC1. The molecule has 16 nitrogen and oxygen atoms in total. The van der Waals surface area contributed by atoms with Crippen LogP contribution in [-0.4, -0.2) is 87.2 Å². The van der Waals surface area contributed by atoms with E-state index in [1.165, 1.54) is 73.9 Å². The van der Waals surface area contributed by atoms with Gasteiger partial charge < -0.3 is 37.9 Å². The summed E-state index contributed by atoms with van der Waals surface area (Å²) in [6.45, 7) is 19.8. The molecule has 0 saturated heterocycles. The molecule has 7 fully saturated rings. The molecule has 123 heavy (non-hydrogen) atoms. The highest BCUT2D eigenvalue weighted by molar-refractivity contribution is 5.84. The van der Waals surface area contributed by atoms with Gasteiger partial charge >= 0.3 is 41.8 Å². The molecule has 7 aliphatic rings. The van der Waals surface area contributed by atoms with Gasteiger partial charge in [-0.05, 0) is 346 Å². The Labute approximate surface area is 718 Å². The van der Waals surface area contributed by atoms with Crippen LogP contribution < -0.4 is 4.74 Å². The summed E-state index contributed by atoms with van der Waals surface area (Å²) in [5, 5.41) is 8.80. The molecule has 0 spiro atoms. The Morgan fingerprint density at radius 2 is 0.748 bits per heavy atom. The van der Waals surface area contributed by atoms with Gasteiger partial charge in [-0.2, -0.15) is 5.26 Å². The van der Waals surface area contributed by atoms with Crippen molar-refractivity contribution in [3.05, 3.63) is 234 Å². The summed E-state index contributed by atoms with van der Waals surface area (Å²) in [6, 6.07) is 26.5. The van der Waals surface area contributed by atoms with Crippen LogP contribution in [0.5, 0.6) is 5.75 Å². The van der Waals surface area contributed by atoms with Crippen LogP contribution in [0, 0.1) is 105 Å². The van der Waals surface area contributed by atoms with Crippen LogP contribution in [0.3, 0.4) is 0 Å². The lowest BCUT2D eigenvalue weighted by Crippen LogP contribution is -2.30. The van der Waals surface area contributed by atoms with E-state index in [0.717, 1.165) is 220 Å². The molecule has 0 unspecified atom stereocenters. The van der Waals surface area contributed by atoms with Gasteiger partial charge in [0.1, 0.15) is 11.9 Å². The molecule has 0 N–H and O–H groups in total. The van der Waals surface area contributed by atoms with Crippen LogP contribution in [0.25, 0.3) is 0 Å². The highest BCUT2D eigenvalue weighted by Gasteiger charge is 2.36. The van der Waals surface area contributed by atoms with Crippen molar-refractivity contribution < 1.29 is 107 Å². The summed E-state index contributed by atoms with van der Waals surface area (Å²) in [5.41, 5.74) is 5.22. The van der Waals surface area contributed by atoms with Gasteiger partial charge in [0.05, 0.1) is 43.5 Å². The summed E-state index contributed by atoms with van der Waals surface area (Å²) in [6.07, 6.45) is 35.6. The predicted octanol–water partition coefficient (Wildman–Crippen LogP) is 22.8. The van der Waals surface area contributed by atoms with Crippen molar-refractivity contribution in [1.29, 1.82) is 5.26 Å². The van der Waals surface area contributed by atoms with Crippen molar-refractivity contribution in [3.8, 4) is 11.8 Å². The van der Waals surface area contributed by atoms with Crippen LogP contribution in [0.2, 0.25) is 0 Å². The van der Waals surface area contributed by atoms with E-state index in [9.17, 15) is 68.7 Å². The third-order valence-corrected chi connectivity index (χ3v) is 25.4. The van der Waals surface area contributed by atoms with Crippen molar-refractivity contribution in [2.75, 3.05) is 33.2 Å². The number of carbonyl (C=O) groups is 7. The summed E-state index contributed by atoms with van der Waals surface area (Å²) in [4.78, 5) is 79.2. The molecule has 666 valence electrons. The van der Waals surface area contributed by atoms with Crippen LogP contribution in [-0.2, 0) is 73.1 Å². The second-order valence-corrected chi connectivity index (χ2v) is 33.4. The number of nitriles is 1. The highest BCUT2D eigenvalue weighted by atomic mass is 19.2. The van der Waals surface area contributed by atoms with E-state index in [0.29, 0.717) is 77.8 Å². The zero-order chi connectivity index (χ0) is 88.7. The monoisotopic (exact) mass is 1710 g/mol. The van der Waals surface area contributed by atoms with Crippen LogP contribution in [0.1, 0.15) is 257 Å². The number of benzene rings is 5. The average Bonchev–Trinajstić information content (AvgIpc) is 0.841. The minimum atomic E-state index is -1.43. The van der Waals surface area contributed by atoms with E-state index in [1.807, 2.05) is 48.5 Å². The molecule has 5 aromatic carbocycles. The smallest absolute Gasteiger partial charge is 0.344 e. The number of halogens is 8. The first-order valence-corrected chi connectivity index (χ1v) is 43.6. The fraction of sp³-hybridized carbons (Fsp3) is 0.515. The van der Waals surface area contributed by atoms with E-state index < -0.39 is 77.0 Å². The summed E-state index contributed by atoms with van der Waals surface area (Å²) >= 11 is 0. The van der Waals surface area contributed by atoms with E-state index in [2.05, 4.69) is 50.6 Å². The fourth-order valence-corrected chi connectivity index (χ4v) is 18.1. The maximum Gasteiger partial charge on any atom is 0.344 e. The zero-order valence-corrected chi connectivity index (χ0v) is 70.7. The Hall–Kier alpha value is -10.0. The molecule has 24 heteroatoms. The number of aryl methyl sites for hydroxylation is 1. The first-order chi connectivity index (χ1) is 59.3. The van der Waals surface area contributed by atoms with E-state index >= 15 is 0 Å². The van der Waals surface area contributed by atoms with Crippen LogP contribution in [0.4, 0.5) is 35.1 Å². The molecule has 0 amide bonds. The standard InChI is InChI=1S/C23H27F3O4.C22H28F2O2.C21H28O4.C17H19NO3.C16H17F3O2/c1-2-21(27)29-13-22(28)30-18-9-7-15(8-10-18)14-3-5-16(6-4-14)17-11-19(24)23(26)20(25)12-17;1-2-22(25)26-14-15-3-5-16(6-4-15)17-7-9-18(10-8-17)19-11-12-20(23)21(24)13-19;1-3-5-6-16-9-13-19(14-10-16)25-21(23)18-11-7-17(8-12-18)15-24-20(22)4-2;1-2-17(19)21-12-20-16-9-7-15(8-10-16)14-5-3-13(11-18)4-6-14;1-2-15(20)21-9-10-3-5-11(6-4-10)12-7-13(17)16(19)14(18)8-12/h2,11-12,14-16,18H,1,3-10,13H2;2,11-13,15-18H,1,3-10,14H2;4,9-10,13-14,17-18H,2-3,5-8,11-12,15H2,1H3;2-6,15-16H,1,7-10,12H2;2,7-8,10-11H,1,3-6,9H2. The Morgan fingerprint density at radius 3 is 1.18 bits per heavy atom. The normalized spacial score (nSPS) is 24.1. The molecule has 0 radical (unpaired) electrons. The Morgan fingerprint density at radius 1 is 0.390 bits per heavy atom. The van der Waals surface area contributed by atoms with E-state index in [-0.39, 0.29) is 60.6 Å². The lowest BCUT2D eigenvalue weighted by Gasteiger charge is -2.37. The number of hydrogen-bond donors (Lipinski definition) is 0. The maximum absolute atomic E-state index is 13.5. The topological polar surface area (TPSA) is 217 Å². The van der Waals surface area contributed by atoms with Gasteiger partial charge in [-0.25, -0.2) is 63.9 Å². The third-order valence-electron chi connectivity index (χ3n) is 25.4. The Kier molecular flexibility index (Phi) is 41.5. The Bertz CT molecular complexity index is 4260. The lowest BCUT2D eigenvalue weighted by atomic mass is 9.68. The first-order valence-electron chi connectivity index (χ1n) is 43.6. The molecule has 12 rings (SSSR count). The Balaban J connectivity index is 0.000000192. The summed E-state index contributed by atoms with van der Waals surface area (Å²) in [7, 11) is 0. The van der Waals surface area contributed by atoms with Crippen molar-refractivity contribution >= 4 is 41.8 Å². The first kappa shape index (κ1) is 98.4. The van der Waals surface area contributed by atoms with Crippen molar-refractivity contribution in [3.63, 3.8) is 0 Å². The molecular weight excluding hydrogens is 1600 g/mol. The quantitative estimate of drug-likeness (QED) is 0.00865. The van der Waals surface area contributed by atoms with Gasteiger partial charge in [0.25, 0.3) is 0 Å². The third kappa shape index (κ3) is 32.9. The maximum atomic E-state index is 13.5. The van der Waals surface area contributed by atoms with Crippen molar-refractivity contribution in [2.24, 2.45) is 47.3 Å². The van der Waals surface area contributed by atoms with Gasteiger partial charge in [0.2, 0.25) is 0 Å². The number of unbranched alkanes of at least 4 members (excludes halogenated alkanes) is 1. The van der Waals surface area contributed by atoms with Crippen molar-refractivity contribution in [1.82, 2.24) is 0 Å². The van der Waals surface area contributed by atoms with Crippen LogP contribution in [0.15, 0.2) is 154 Å². The number of nitrogens with zero attached hydrogens (tertiary/aromatic N) is 1. The van der Waals surface area contributed by atoms with Gasteiger partial charge in [0, 0.05) is 30.4 Å². The van der Waals surface area contributed by atoms with Crippen LogP contribution >= 0.6 is 0 Å². The number of ether oxygens (including phenoxy) is 8. The molecule has 0 bridgehead atoms. The molecule has 0 aliphatic heterocycles. The molecule has 0 aromatic heterocycles. The number of esters is 7. The van der Waals surface area contributed by atoms with Gasteiger partial charge in [-0.3, -0.25) is 4.79 Å². The van der Waals surface area contributed by atoms with E-state index in [1.54, 1.807) is 6.07 Å². The molecule has 5 aromatic rings. The second kappa shape index (κ2) is 51.9. The number of rotatable bonds is 28. The minimum Gasteiger partial charge on any atom is -0.462 e. The summed E-state index contributed by atoms with van der Waals surface area (Å²) in [5.74, 6) is -6.71. The zero-order valence-electron chi connectivity index (χ0n) is 70.7. The highest BCUT2D eigenvalue weighted by Crippen LogP contribution is 2.47. The van der Waals surface area contributed by atoms with Gasteiger partial charge in [0.15, 0.2) is 59.9 Å². The largest absolute Gasteiger partial charge is 0.462 e. The fourth-order valence-electron chi connectivity index (χ4n) is 18.1. The minimum absolute atomic E-state index is 0.00292.